The molecule has 2 aromatic carbocycles. The van der Waals surface area contributed by atoms with Crippen molar-refractivity contribution in [1.29, 1.82) is 5.26 Å². The van der Waals surface area contributed by atoms with Crippen LogP contribution in [0, 0.1) is 11.3 Å². The number of nitriles is 1. The standard InChI is InChI=1S/C22H20Cl2N4O/c23-16-5-4-6-17(24)15(16)12-20-26-18-8-7-14(11-19(18)27-20)21(29)28-22(13-25)9-2-1-3-10-22/h4-8,11H,1-3,9-10,12H2,(H,26,27)(H,28,29). The van der Waals surface area contributed by atoms with Gasteiger partial charge in [0.2, 0.25) is 0 Å². The summed E-state index contributed by atoms with van der Waals surface area (Å²) in [6.45, 7) is 0. The third-order valence-electron chi connectivity index (χ3n) is 5.47. The van der Waals surface area contributed by atoms with Crippen LogP contribution in [0.4, 0.5) is 0 Å². The Bertz CT molecular complexity index is 1090. The normalized spacial score (nSPS) is 15.8. The van der Waals surface area contributed by atoms with Crippen molar-refractivity contribution < 1.29 is 4.79 Å². The number of aromatic amines is 1. The molecule has 7 heteroatoms. The van der Waals surface area contributed by atoms with Gasteiger partial charge in [0.25, 0.3) is 5.91 Å². The Morgan fingerprint density at radius 1 is 1.17 bits per heavy atom. The van der Waals surface area contributed by atoms with E-state index in [-0.39, 0.29) is 5.91 Å². The summed E-state index contributed by atoms with van der Waals surface area (Å²) < 4.78 is 0. The summed E-state index contributed by atoms with van der Waals surface area (Å²) in [7, 11) is 0. The third-order valence-corrected chi connectivity index (χ3v) is 6.18. The van der Waals surface area contributed by atoms with Gasteiger partial charge in [-0.15, -0.1) is 0 Å². The molecule has 0 atom stereocenters. The number of fused-ring (bicyclic) bond motifs is 1. The smallest absolute Gasteiger partial charge is 0.252 e. The summed E-state index contributed by atoms with van der Waals surface area (Å²) >= 11 is 12.5. The first-order valence-corrected chi connectivity index (χ1v) is 10.4. The van der Waals surface area contributed by atoms with Crippen molar-refractivity contribution in [2.24, 2.45) is 0 Å². The van der Waals surface area contributed by atoms with E-state index < -0.39 is 5.54 Å². The molecule has 148 valence electrons. The molecule has 1 aromatic heterocycles. The average molecular weight is 427 g/mol. The number of nitrogens with one attached hydrogen (secondary N) is 2. The Labute approximate surface area is 179 Å². The monoisotopic (exact) mass is 426 g/mol. The molecule has 0 radical (unpaired) electrons. The third kappa shape index (κ3) is 4.10. The van der Waals surface area contributed by atoms with Gasteiger partial charge in [0, 0.05) is 22.0 Å². The van der Waals surface area contributed by atoms with Crippen LogP contribution in [-0.4, -0.2) is 21.4 Å². The molecule has 1 fully saturated rings. The number of nitrogens with zero attached hydrogens (tertiary/aromatic N) is 2. The van der Waals surface area contributed by atoms with E-state index in [4.69, 9.17) is 23.2 Å². The Hall–Kier alpha value is -2.55. The fourth-order valence-electron chi connectivity index (χ4n) is 3.87. The van der Waals surface area contributed by atoms with Gasteiger partial charge in [-0.25, -0.2) is 4.98 Å². The molecule has 5 nitrogen and oxygen atoms in total. The molecule has 1 aliphatic rings. The number of carbonyl (C=O) groups excluding carboxylic acids is 1. The first kappa shape index (κ1) is 19.8. The van der Waals surface area contributed by atoms with Crippen LogP contribution in [-0.2, 0) is 6.42 Å². The number of H-pyrrole nitrogens is 1. The quantitative estimate of drug-likeness (QED) is 0.584. The molecule has 0 bridgehead atoms. The second-order valence-corrected chi connectivity index (χ2v) is 8.32. The van der Waals surface area contributed by atoms with Gasteiger partial charge in [0.15, 0.2) is 0 Å². The summed E-state index contributed by atoms with van der Waals surface area (Å²) in [5.41, 5.74) is 2.06. The maximum Gasteiger partial charge on any atom is 0.252 e. The van der Waals surface area contributed by atoms with Crippen molar-refractivity contribution >= 4 is 40.1 Å². The van der Waals surface area contributed by atoms with Gasteiger partial charge >= 0.3 is 0 Å². The van der Waals surface area contributed by atoms with Crippen molar-refractivity contribution in [1.82, 2.24) is 15.3 Å². The molecular weight excluding hydrogens is 407 g/mol. The van der Waals surface area contributed by atoms with Crippen molar-refractivity contribution in [2.45, 2.75) is 44.1 Å². The molecule has 2 N–H and O–H groups in total. The highest BCUT2D eigenvalue weighted by molar-refractivity contribution is 6.36. The Morgan fingerprint density at radius 2 is 1.90 bits per heavy atom. The van der Waals surface area contributed by atoms with E-state index in [1.807, 2.05) is 0 Å². The van der Waals surface area contributed by atoms with Gasteiger partial charge in [0.1, 0.15) is 11.4 Å². The predicted molar refractivity (Wildman–Crippen MR) is 114 cm³/mol. The molecule has 0 spiro atoms. The zero-order valence-electron chi connectivity index (χ0n) is 15.8. The Kier molecular flexibility index (Phi) is 5.49. The summed E-state index contributed by atoms with van der Waals surface area (Å²) in [4.78, 5) is 20.6. The molecule has 0 saturated heterocycles. The molecule has 0 aliphatic heterocycles. The number of carbonyl (C=O) groups is 1. The second kappa shape index (κ2) is 8.06. The number of imidazole rings is 1. The molecule has 1 saturated carbocycles. The first-order valence-electron chi connectivity index (χ1n) is 9.65. The number of halogens is 2. The Balaban J connectivity index is 1.57. The van der Waals surface area contributed by atoms with Crippen molar-refractivity contribution in [2.75, 3.05) is 0 Å². The fraction of sp³-hybridized carbons (Fsp3) is 0.318. The fourth-order valence-corrected chi connectivity index (χ4v) is 4.40. The first-order chi connectivity index (χ1) is 14.0. The minimum atomic E-state index is -0.760. The van der Waals surface area contributed by atoms with E-state index in [9.17, 15) is 10.1 Å². The molecule has 29 heavy (non-hydrogen) atoms. The van der Waals surface area contributed by atoms with Gasteiger partial charge in [-0.3, -0.25) is 4.79 Å². The molecule has 1 amide bonds. The highest BCUT2D eigenvalue weighted by Gasteiger charge is 2.33. The molecule has 3 aromatic rings. The van der Waals surface area contributed by atoms with E-state index in [0.29, 0.717) is 40.7 Å². The van der Waals surface area contributed by atoms with Crippen LogP contribution < -0.4 is 5.32 Å². The number of amides is 1. The maximum atomic E-state index is 12.8. The Morgan fingerprint density at radius 3 is 2.59 bits per heavy atom. The van der Waals surface area contributed by atoms with Crippen molar-refractivity contribution in [3.8, 4) is 6.07 Å². The van der Waals surface area contributed by atoms with Gasteiger partial charge in [-0.05, 0) is 48.7 Å². The lowest BCUT2D eigenvalue weighted by Gasteiger charge is -2.31. The summed E-state index contributed by atoms with van der Waals surface area (Å²) in [6.07, 6.45) is 4.89. The highest BCUT2D eigenvalue weighted by atomic mass is 35.5. The van der Waals surface area contributed by atoms with E-state index in [1.54, 1.807) is 36.4 Å². The molecular formula is C22H20Cl2N4O. The number of hydrogen-bond acceptors (Lipinski definition) is 3. The lowest BCUT2D eigenvalue weighted by atomic mass is 9.82. The SMILES string of the molecule is N#CC1(NC(=O)c2ccc3nc(Cc4c(Cl)cccc4Cl)[nH]c3c2)CCCCC1. The van der Waals surface area contributed by atoms with Gasteiger partial charge in [-0.1, -0.05) is 48.5 Å². The highest BCUT2D eigenvalue weighted by Crippen LogP contribution is 2.29. The van der Waals surface area contributed by atoms with Crippen molar-refractivity contribution in [3.05, 3.63) is 63.4 Å². The molecule has 1 aliphatic carbocycles. The van der Waals surface area contributed by atoms with Gasteiger partial charge in [-0.2, -0.15) is 5.26 Å². The van der Waals surface area contributed by atoms with Crippen LogP contribution in [0.15, 0.2) is 36.4 Å². The summed E-state index contributed by atoms with van der Waals surface area (Å²) in [5, 5.41) is 13.7. The molecule has 0 unspecified atom stereocenters. The van der Waals surface area contributed by atoms with Gasteiger partial charge in [0.05, 0.1) is 17.1 Å². The van der Waals surface area contributed by atoms with Crippen LogP contribution in [0.5, 0.6) is 0 Å². The number of benzene rings is 2. The van der Waals surface area contributed by atoms with Crippen molar-refractivity contribution in [3.63, 3.8) is 0 Å². The van der Waals surface area contributed by atoms with Crippen LogP contribution >= 0.6 is 23.2 Å². The molecule has 1 heterocycles. The number of hydrogen-bond donors (Lipinski definition) is 2. The van der Waals surface area contributed by atoms with E-state index in [0.717, 1.165) is 35.9 Å². The number of rotatable bonds is 4. The minimum Gasteiger partial charge on any atom is -0.342 e. The lowest BCUT2D eigenvalue weighted by molar-refractivity contribution is 0.0903. The zero-order chi connectivity index (χ0) is 20.4. The minimum absolute atomic E-state index is 0.236. The van der Waals surface area contributed by atoms with Gasteiger partial charge < -0.3 is 10.3 Å². The van der Waals surface area contributed by atoms with E-state index >= 15 is 0 Å². The average Bonchev–Trinajstić information content (AvgIpc) is 3.13. The van der Waals surface area contributed by atoms with E-state index in [1.165, 1.54) is 0 Å². The molecule has 4 rings (SSSR count). The van der Waals surface area contributed by atoms with E-state index in [2.05, 4.69) is 21.4 Å². The summed E-state index contributed by atoms with van der Waals surface area (Å²) in [5.74, 6) is 0.481. The van der Waals surface area contributed by atoms with Crippen LogP contribution in [0.3, 0.4) is 0 Å². The largest absolute Gasteiger partial charge is 0.342 e. The lowest BCUT2D eigenvalue weighted by Crippen LogP contribution is -2.48. The van der Waals surface area contributed by atoms with Crippen LogP contribution in [0.25, 0.3) is 11.0 Å². The maximum absolute atomic E-state index is 12.8. The topological polar surface area (TPSA) is 81.6 Å². The summed E-state index contributed by atoms with van der Waals surface area (Å²) in [6, 6.07) is 13.0. The zero-order valence-corrected chi connectivity index (χ0v) is 17.3. The predicted octanol–water partition coefficient (Wildman–Crippen LogP) is 5.42. The number of aromatic nitrogens is 2. The second-order valence-electron chi connectivity index (χ2n) is 7.50. The van der Waals surface area contributed by atoms with Crippen LogP contribution in [0.1, 0.15) is 53.8 Å². The van der Waals surface area contributed by atoms with Crippen LogP contribution in [0.2, 0.25) is 10.0 Å².